The van der Waals surface area contributed by atoms with Gasteiger partial charge in [0, 0.05) is 0 Å². The van der Waals surface area contributed by atoms with E-state index in [2.05, 4.69) is 27.7 Å². The zero-order valence-electron chi connectivity index (χ0n) is 8.20. The summed E-state index contributed by atoms with van der Waals surface area (Å²) in [6.45, 7) is 8.31. The molecule has 13 heavy (non-hydrogen) atoms. The third-order valence-electron chi connectivity index (χ3n) is 1.58. The molecule has 0 aromatic heterocycles. The van der Waals surface area contributed by atoms with Crippen LogP contribution in [0.5, 0.6) is 0 Å². The molecule has 0 heterocycles. The van der Waals surface area contributed by atoms with Crippen LogP contribution in [0.4, 0.5) is 0 Å². The second kappa shape index (κ2) is 10.7. The molecule has 0 aromatic rings. The Kier molecular flexibility index (Phi) is 13.2. The van der Waals surface area contributed by atoms with Crippen molar-refractivity contribution in [3.05, 3.63) is 0 Å². The second-order valence-corrected chi connectivity index (χ2v) is 4.24. The van der Waals surface area contributed by atoms with Crippen molar-refractivity contribution in [3.8, 4) is 0 Å². The minimum absolute atomic E-state index is 0. The van der Waals surface area contributed by atoms with Gasteiger partial charge in [-0.3, -0.25) is 0 Å². The topological polar surface area (TPSA) is 18.5 Å². The molecule has 0 spiro atoms. The highest BCUT2D eigenvalue weighted by Gasteiger charge is 2.02. The fourth-order valence-corrected chi connectivity index (χ4v) is 1.90. The lowest BCUT2D eigenvalue weighted by Gasteiger charge is -2.10. The van der Waals surface area contributed by atoms with Crippen molar-refractivity contribution >= 4 is 22.1 Å². The number of rotatable bonds is 7. The molecule has 0 aromatic carbocycles. The first-order valence-electron chi connectivity index (χ1n) is 4.36. The van der Waals surface area contributed by atoms with Crippen LogP contribution in [0, 0.1) is 0 Å². The third-order valence-corrected chi connectivity index (χ3v) is 3.09. The van der Waals surface area contributed by atoms with Gasteiger partial charge in [0.15, 0.2) is 0 Å². The minimum Gasteiger partial charge on any atom is -0.300 e. The molecule has 0 aliphatic carbocycles. The lowest BCUT2D eigenvalue weighted by molar-refractivity contribution is 0.253. The largest absolute Gasteiger partial charge is 0.300 e. The summed E-state index contributed by atoms with van der Waals surface area (Å²) in [7, 11) is 0. The van der Waals surface area contributed by atoms with Gasteiger partial charge in [-0.2, -0.15) is 0 Å². The molecular formula is C9H22O2S2. The summed E-state index contributed by atoms with van der Waals surface area (Å²) in [6.07, 6.45) is 2.69. The van der Waals surface area contributed by atoms with E-state index in [0.29, 0.717) is 12.2 Å². The van der Waals surface area contributed by atoms with Crippen LogP contribution in [0.1, 0.15) is 48.0 Å². The fraction of sp³-hybridized carbons (Fsp3) is 1.00. The lowest BCUT2D eigenvalue weighted by atomic mass is 10.3. The van der Waals surface area contributed by atoms with E-state index in [1.165, 1.54) is 22.1 Å². The SMILES string of the molecule is C.CC[C@@H](C)OSSO[C@H](C)CC. The summed E-state index contributed by atoms with van der Waals surface area (Å²) in [5.74, 6) is 0. The van der Waals surface area contributed by atoms with E-state index in [1.807, 2.05) is 0 Å². The van der Waals surface area contributed by atoms with Crippen LogP contribution in [0.25, 0.3) is 0 Å². The normalized spacial score (nSPS) is 14.8. The third kappa shape index (κ3) is 10.5. The van der Waals surface area contributed by atoms with Gasteiger partial charge in [-0.25, -0.2) is 0 Å². The zero-order valence-corrected chi connectivity index (χ0v) is 9.83. The molecule has 0 N–H and O–H groups in total. The van der Waals surface area contributed by atoms with Crippen LogP contribution in [-0.2, 0) is 8.37 Å². The highest BCUT2D eigenvalue weighted by Crippen LogP contribution is 2.27. The Labute approximate surface area is 91.0 Å². The Morgan fingerprint density at radius 3 is 1.46 bits per heavy atom. The summed E-state index contributed by atoms with van der Waals surface area (Å²) in [5, 5.41) is 0. The summed E-state index contributed by atoms with van der Waals surface area (Å²) in [6, 6.07) is 0. The van der Waals surface area contributed by atoms with Crippen molar-refractivity contribution in [2.75, 3.05) is 0 Å². The second-order valence-electron chi connectivity index (χ2n) is 2.77. The standard InChI is InChI=1S/C8H18O2S2.CH4/c1-5-7(3)9-11-12-10-8(4)6-2;/h7-8H,5-6H2,1-4H3;1H4/t7-,8-;/m1./s1. The average Bonchev–Trinajstić information content (AvgIpc) is 2.11. The molecule has 82 valence electrons. The van der Waals surface area contributed by atoms with E-state index < -0.39 is 0 Å². The molecule has 0 saturated carbocycles. The molecule has 0 amide bonds. The van der Waals surface area contributed by atoms with Gasteiger partial charge >= 0.3 is 0 Å². The van der Waals surface area contributed by atoms with Crippen LogP contribution in [0.15, 0.2) is 0 Å². The van der Waals surface area contributed by atoms with Crippen LogP contribution in [0.3, 0.4) is 0 Å². The predicted molar refractivity (Wildman–Crippen MR) is 63.6 cm³/mol. The molecular weight excluding hydrogens is 204 g/mol. The van der Waals surface area contributed by atoms with Gasteiger partial charge in [-0.1, -0.05) is 21.3 Å². The van der Waals surface area contributed by atoms with Crippen LogP contribution >= 0.6 is 22.1 Å². The summed E-state index contributed by atoms with van der Waals surface area (Å²) >= 11 is 2.65. The van der Waals surface area contributed by atoms with Crippen LogP contribution in [-0.4, -0.2) is 12.2 Å². The molecule has 0 unspecified atom stereocenters. The first kappa shape index (κ1) is 16.1. The smallest absolute Gasteiger partial charge is 0.0928 e. The quantitative estimate of drug-likeness (QED) is 0.362. The van der Waals surface area contributed by atoms with Gasteiger partial charge in [0.1, 0.15) is 0 Å². The summed E-state index contributed by atoms with van der Waals surface area (Å²) < 4.78 is 10.7. The van der Waals surface area contributed by atoms with Gasteiger partial charge in [0.25, 0.3) is 0 Å². The van der Waals surface area contributed by atoms with Gasteiger partial charge in [0.05, 0.1) is 34.4 Å². The Hall–Kier alpha value is 0.620. The Morgan fingerprint density at radius 2 is 1.23 bits per heavy atom. The van der Waals surface area contributed by atoms with Crippen molar-refractivity contribution in [1.29, 1.82) is 0 Å². The van der Waals surface area contributed by atoms with Gasteiger partial charge in [0.2, 0.25) is 0 Å². The highest BCUT2D eigenvalue weighted by atomic mass is 33.1. The average molecular weight is 226 g/mol. The predicted octanol–water partition coefficient (Wildman–Crippen LogP) is 4.46. The first-order chi connectivity index (χ1) is 5.70. The Balaban J connectivity index is 0. The molecule has 0 aliphatic heterocycles. The highest BCUT2D eigenvalue weighted by molar-refractivity contribution is 8.73. The monoisotopic (exact) mass is 226 g/mol. The number of hydrogen-bond acceptors (Lipinski definition) is 4. The van der Waals surface area contributed by atoms with Crippen molar-refractivity contribution in [3.63, 3.8) is 0 Å². The van der Waals surface area contributed by atoms with Crippen molar-refractivity contribution in [1.82, 2.24) is 0 Å². The van der Waals surface area contributed by atoms with Gasteiger partial charge in [-0.15, -0.1) is 0 Å². The van der Waals surface area contributed by atoms with Crippen LogP contribution in [0.2, 0.25) is 0 Å². The molecule has 2 nitrogen and oxygen atoms in total. The van der Waals surface area contributed by atoms with E-state index in [0.717, 1.165) is 12.8 Å². The van der Waals surface area contributed by atoms with E-state index in [9.17, 15) is 0 Å². The van der Waals surface area contributed by atoms with Gasteiger partial charge in [-0.05, 0) is 26.7 Å². The maximum atomic E-state index is 5.34. The first-order valence-corrected chi connectivity index (χ1v) is 6.36. The van der Waals surface area contributed by atoms with Gasteiger partial charge < -0.3 is 8.37 Å². The maximum Gasteiger partial charge on any atom is 0.0928 e. The molecule has 0 rings (SSSR count). The molecule has 0 bridgehead atoms. The molecule has 0 aliphatic rings. The van der Waals surface area contributed by atoms with Crippen molar-refractivity contribution in [2.24, 2.45) is 0 Å². The Morgan fingerprint density at radius 1 is 0.923 bits per heavy atom. The van der Waals surface area contributed by atoms with E-state index in [-0.39, 0.29) is 7.43 Å². The minimum atomic E-state index is 0. The van der Waals surface area contributed by atoms with Crippen molar-refractivity contribution < 1.29 is 8.37 Å². The van der Waals surface area contributed by atoms with Crippen molar-refractivity contribution in [2.45, 2.75) is 60.2 Å². The zero-order chi connectivity index (χ0) is 9.40. The van der Waals surface area contributed by atoms with Crippen LogP contribution < -0.4 is 0 Å². The lowest BCUT2D eigenvalue weighted by Crippen LogP contribution is -2.01. The fourth-order valence-electron chi connectivity index (χ4n) is 0.302. The van der Waals surface area contributed by atoms with E-state index >= 15 is 0 Å². The summed E-state index contributed by atoms with van der Waals surface area (Å²) in [5.41, 5.74) is 0. The molecule has 4 heteroatoms. The van der Waals surface area contributed by atoms with E-state index in [1.54, 1.807) is 0 Å². The van der Waals surface area contributed by atoms with E-state index in [4.69, 9.17) is 8.37 Å². The molecule has 0 radical (unpaired) electrons. The summed E-state index contributed by atoms with van der Waals surface area (Å²) in [4.78, 5) is 0. The Bertz CT molecular complexity index is 89.6. The molecule has 0 saturated heterocycles. The number of hydrogen-bond donors (Lipinski definition) is 0. The maximum absolute atomic E-state index is 5.34. The molecule has 0 fully saturated rings. The molecule has 2 atom stereocenters.